The number of hydrogen-bond acceptors (Lipinski definition) is 4. The molecule has 0 saturated carbocycles. The minimum Gasteiger partial charge on any atom is -0.493 e. The first-order valence-electron chi connectivity index (χ1n) is 6.67. The van der Waals surface area contributed by atoms with Gasteiger partial charge in [0.1, 0.15) is 0 Å². The molecule has 4 heteroatoms. The highest BCUT2D eigenvalue weighted by atomic mass is 16.5. The van der Waals surface area contributed by atoms with Gasteiger partial charge in [-0.05, 0) is 24.1 Å². The van der Waals surface area contributed by atoms with E-state index in [1.54, 1.807) is 20.3 Å². The Hall–Kier alpha value is -1.73. The maximum absolute atomic E-state index is 7.32. The van der Waals surface area contributed by atoms with Crippen LogP contribution in [0.2, 0.25) is 0 Å². The number of ether oxygens (including phenoxy) is 2. The van der Waals surface area contributed by atoms with Gasteiger partial charge in [-0.25, -0.2) is 0 Å². The minimum absolute atomic E-state index is 0.0751. The van der Waals surface area contributed by atoms with E-state index in [4.69, 9.17) is 20.5 Å². The molecule has 0 aliphatic rings. The number of nitriles is 1. The molecule has 1 unspecified atom stereocenters. The standard InChI is InChI=1S/C14H23NO2.C2H3N/c1-6-13(15)14(2,3)10-7-8-11(16-4)12(9-10)17-5;1-2-3/h7-9,13H,6,15H2,1-5H3;1H3. The molecule has 0 aliphatic carbocycles. The zero-order valence-electron chi connectivity index (χ0n) is 13.4. The lowest BCUT2D eigenvalue weighted by Gasteiger charge is -2.32. The Morgan fingerprint density at radius 2 is 1.75 bits per heavy atom. The van der Waals surface area contributed by atoms with Crippen LogP contribution in [-0.4, -0.2) is 20.3 Å². The molecule has 0 amide bonds. The summed E-state index contributed by atoms with van der Waals surface area (Å²) in [5.41, 5.74) is 7.27. The van der Waals surface area contributed by atoms with Crippen molar-refractivity contribution in [3.63, 3.8) is 0 Å². The van der Waals surface area contributed by atoms with Crippen LogP contribution in [0.1, 0.15) is 39.7 Å². The van der Waals surface area contributed by atoms with E-state index < -0.39 is 0 Å². The summed E-state index contributed by atoms with van der Waals surface area (Å²) in [7, 11) is 3.29. The quantitative estimate of drug-likeness (QED) is 0.897. The van der Waals surface area contributed by atoms with E-state index in [0.717, 1.165) is 17.9 Å². The van der Waals surface area contributed by atoms with Crippen LogP contribution >= 0.6 is 0 Å². The molecule has 1 atom stereocenters. The average molecular weight is 278 g/mol. The normalized spacial score (nSPS) is 11.7. The second-order valence-corrected chi connectivity index (χ2v) is 5.03. The largest absolute Gasteiger partial charge is 0.493 e. The summed E-state index contributed by atoms with van der Waals surface area (Å²) in [5.74, 6) is 1.50. The van der Waals surface area contributed by atoms with Gasteiger partial charge in [-0.1, -0.05) is 26.8 Å². The maximum Gasteiger partial charge on any atom is 0.161 e. The molecular weight excluding hydrogens is 252 g/mol. The number of benzene rings is 1. The zero-order valence-corrected chi connectivity index (χ0v) is 13.4. The van der Waals surface area contributed by atoms with E-state index >= 15 is 0 Å². The highest BCUT2D eigenvalue weighted by Crippen LogP contribution is 2.34. The van der Waals surface area contributed by atoms with Crippen LogP contribution in [0.5, 0.6) is 11.5 Å². The lowest BCUT2D eigenvalue weighted by Crippen LogP contribution is -2.40. The Balaban J connectivity index is 0.00000110. The molecule has 20 heavy (non-hydrogen) atoms. The van der Waals surface area contributed by atoms with Gasteiger partial charge in [0.05, 0.1) is 20.3 Å². The van der Waals surface area contributed by atoms with E-state index in [2.05, 4.69) is 26.8 Å². The third-order valence-corrected chi connectivity index (χ3v) is 3.49. The minimum atomic E-state index is -0.0751. The summed E-state index contributed by atoms with van der Waals surface area (Å²) in [4.78, 5) is 0. The van der Waals surface area contributed by atoms with Crippen molar-refractivity contribution in [1.82, 2.24) is 0 Å². The molecule has 1 rings (SSSR count). The van der Waals surface area contributed by atoms with Crippen LogP contribution in [0.15, 0.2) is 18.2 Å². The number of rotatable bonds is 5. The van der Waals surface area contributed by atoms with E-state index in [-0.39, 0.29) is 11.5 Å². The van der Waals surface area contributed by atoms with Crippen molar-refractivity contribution in [2.24, 2.45) is 5.73 Å². The first-order valence-corrected chi connectivity index (χ1v) is 6.67. The summed E-state index contributed by atoms with van der Waals surface area (Å²) < 4.78 is 10.6. The van der Waals surface area contributed by atoms with Crippen molar-refractivity contribution >= 4 is 0 Å². The Kier molecular flexibility index (Phi) is 7.71. The number of nitrogens with two attached hydrogens (primary N) is 1. The Morgan fingerprint density at radius 1 is 1.25 bits per heavy atom. The van der Waals surface area contributed by atoms with Crippen molar-refractivity contribution in [2.45, 2.75) is 45.6 Å². The monoisotopic (exact) mass is 278 g/mol. The van der Waals surface area contributed by atoms with Crippen LogP contribution in [0.3, 0.4) is 0 Å². The smallest absolute Gasteiger partial charge is 0.161 e. The third-order valence-electron chi connectivity index (χ3n) is 3.49. The maximum atomic E-state index is 7.32. The lowest BCUT2D eigenvalue weighted by molar-refractivity contribution is 0.350. The van der Waals surface area contributed by atoms with Gasteiger partial charge in [-0.2, -0.15) is 5.26 Å². The molecule has 1 aromatic rings. The van der Waals surface area contributed by atoms with Crippen LogP contribution in [0.25, 0.3) is 0 Å². The van der Waals surface area contributed by atoms with Gasteiger partial charge in [0.2, 0.25) is 0 Å². The number of nitrogens with zero attached hydrogens (tertiary/aromatic N) is 1. The number of hydrogen-bond donors (Lipinski definition) is 1. The molecule has 4 nitrogen and oxygen atoms in total. The van der Waals surface area contributed by atoms with Crippen molar-refractivity contribution in [3.05, 3.63) is 23.8 Å². The summed E-state index contributed by atoms with van der Waals surface area (Å²) in [6, 6.07) is 7.87. The molecule has 112 valence electrons. The second-order valence-electron chi connectivity index (χ2n) is 5.03. The predicted molar refractivity (Wildman–Crippen MR) is 82.1 cm³/mol. The summed E-state index contributed by atoms with van der Waals surface area (Å²) >= 11 is 0. The SMILES string of the molecule is CC#N.CCC(N)C(C)(C)c1ccc(OC)c(OC)c1. The molecule has 0 bridgehead atoms. The fraction of sp³-hybridized carbons (Fsp3) is 0.562. The van der Waals surface area contributed by atoms with Crippen molar-refractivity contribution < 1.29 is 9.47 Å². The van der Waals surface area contributed by atoms with E-state index in [1.807, 2.05) is 12.1 Å². The third kappa shape index (κ3) is 4.43. The predicted octanol–water partition coefficient (Wildman–Crippen LogP) is 3.25. The van der Waals surface area contributed by atoms with Crippen LogP contribution in [0.4, 0.5) is 0 Å². The molecule has 0 aromatic heterocycles. The topological polar surface area (TPSA) is 68.3 Å². The van der Waals surface area contributed by atoms with Gasteiger partial charge >= 0.3 is 0 Å². The molecule has 0 saturated heterocycles. The first kappa shape index (κ1) is 18.3. The van der Waals surface area contributed by atoms with Crippen LogP contribution in [-0.2, 0) is 5.41 Å². The molecule has 0 heterocycles. The van der Waals surface area contributed by atoms with Gasteiger partial charge in [0.15, 0.2) is 11.5 Å². The van der Waals surface area contributed by atoms with E-state index in [0.29, 0.717) is 0 Å². The van der Waals surface area contributed by atoms with Gasteiger partial charge < -0.3 is 15.2 Å². The summed E-state index contributed by atoms with van der Waals surface area (Å²) in [6.45, 7) is 7.85. The highest BCUT2D eigenvalue weighted by Gasteiger charge is 2.28. The van der Waals surface area contributed by atoms with Gasteiger partial charge in [-0.3, -0.25) is 0 Å². The van der Waals surface area contributed by atoms with E-state index in [1.165, 1.54) is 12.5 Å². The Bertz CT molecular complexity index is 450. The highest BCUT2D eigenvalue weighted by molar-refractivity contribution is 5.45. The summed E-state index contributed by atoms with van der Waals surface area (Å²) in [5, 5.41) is 7.32. The average Bonchev–Trinajstić information content (AvgIpc) is 2.46. The number of methoxy groups -OCH3 is 2. The molecule has 0 aliphatic heterocycles. The van der Waals surface area contributed by atoms with Gasteiger partial charge in [0, 0.05) is 18.4 Å². The van der Waals surface area contributed by atoms with Gasteiger partial charge in [-0.15, -0.1) is 0 Å². The van der Waals surface area contributed by atoms with Gasteiger partial charge in [0.25, 0.3) is 0 Å². The van der Waals surface area contributed by atoms with Crippen LogP contribution < -0.4 is 15.2 Å². The molecule has 0 fully saturated rings. The van der Waals surface area contributed by atoms with Crippen molar-refractivity contribution in [3.8, 4) is 17.6 Å². The zero-order chi connectivity index (χ0) is 15.8. The molecular formula is C16H26N2O2. The van der Waals surface area contributed by atoms with E-state index in [9.17, 15) is 0 Å². The van der Waals surface area contributed by atoms with Crippen LogP contribution in [0, 0.1) is 11.3 Å². The second kappa shape index (κ2) is 8.44. The fourth-order valence-electron chi connectivity index (χ4n) is 1.96. The first-order chi connectivity index (χ1) is 9.38. The fourth-order valence-corrected chi connectivity index (χ4v) is 1.96. The van der Waals surface area contributed by atoms with Crippen molar-refractivity contribution in [1.29, 1.82) is 5.26 Å². The Morgan fingerprint density at radius 3 is 2.15 bits per heavy atom. The summed E-state index contributed by atoms with van der Waals surface area (Å²) in [6.07, 6.45) is 0.946. The Labute approximate surface area is 122 Å². The molecule has 1 aromatic carbocycles. The van der Waals surface area contributed by atoms with Crippen molar-refractivity contribution in [2.75, 3.05) is 14.2 Å². The lowest BCUT2D eigenvalue weighted by atomic mass is 9.77. The molecule has 0 radical (unpaired) electrons. The molecule has 2 N–H and O–H groups in total. The molecule has 0 spiro atoms.